The molecule has 0 heterocycles. The quantitative estimate of drug-likeness (QED) is 0.823. The van der Waals surface area contributed by atoms with Crippen LogP contribution < -0.4 is 10.6 Å². The van der Waals surface area contributed by atoms with Crippen LogP contribution in [-0.4, -0.2) is 18.4 Å². The van der Waals surface area contributed by atoms with Crippen LogP contribution in [0.1, 0.15) is 49.0 Å². The molecule has 0 radical (unpaired) electrons. The third-order valence-corrected chi connectivity index (χ3v) is 5.04. The van der Waals surface area contributed by atoms with Gasteiger partial charge in [-0.3, -0.25) is 9.59 Å². The zero-order chi connectivity index (χ0) is 18.6. The summed E-state index contributed by atoms with van der Waals surface area (Å²) < 4.78 is 0. The van der Waals surface area contributed by atoms with Crippen LogP contribution in [0, 0.1) is 5.92 Å². The van der Waals surface area contributed by atoms with E-state index in [-0.39, 0.29) is 11.8 Å². The van der Waals surface area contributed by atoms with E-state index in [9.17, 15) is 9.59 Å². The predicted molar refractivity (Wildman–Crippen MR) is 104 cm³/mol. The van der Waals surface area contributed by atoms with Crippen molar-refractivity contribution in [3.05, 3.63) is 65.7 Å². The molecule has 2 aromatic rings. The summed E-state index contributed by atoms with van der Waals surface area (Å²) in [5, 5.41) is 5.99. The maximum atomic E-state index is 12.7. The van der Waals surface area contributed by atoms with Crippen LogP contribution in [0.25, 0.3) is 0 Å². The van der Waals surface area contributed by atoms with E-state index in [0.717, 1.165) is 30.5 Å². The predicted octanol–water partition coefficient (Wildman–Crippen LogP) is 4.13. The lowest BCUT2D eigenvalue weighted by atomic mass is 9.63. The van der Waals surface area contributed by atoms with Gasteiger partial charge in [-0.25, -0.2) is 0 Å². The average molecular weight is 350 g/mol. The number of rotatable bonds is 6. The molecule has 136 valence electrons. The normalized spacial score (nSPS) is 15.2. The fraction of sp³-hybridized carbons (Fsp3) is 0.364. The summed E-state index contributed by atoms with van der Waals surface area (Å²) in [5.41, 5.74) is 1.99. The minimum atomic E-state index is -0.406. The lowest BCUT2D eigenvalue weighted by molar-refractivity contribution is -0.130. The zero-order valence-corrected chi connectivity index (χ0v) is 15.4. The van der Waals surface area contributed by atoms with Crippen LogP contribution in [-0.2, 0) is 10.2 Å². The third-order valence-electron chi connectivity index (χ3n) is 5.04. The van der Waals surface area contributed by atoms with Crippen LogP contribution in [0.3, 0.4) is 0 Å². The van der Waals surface area contributed by atoms with Crippen LogP contribution in [0.15, 0.2) is 54.6 Å². The van der Waals surface area contributed by atoms with Gasteiger partial charge in [-0.05, 0) is 48.6 Å². The average Bonchev–Trinajstić information content (AvgIpc) is 2.61. The highest BCUT2D eigenvalue weighted by atomic mass is 16.2. The first-order valence-corrected chi connectivity index (χ1v) is 9.26. The number of carbonyl (C=O) groups excluding carboxylic acids is 2. The van der Waals surface area contributed by atoms with Crippen molar-refractivity contribution in [3.8, 4) is 0 Å². The molecule has 0 aromatic heterocycles. The molecule has 4 nitrogen and oxygen atoms in total. The SMILES string of the molecule is CC(C)CNC(=O)C1(c2ccc(NC(=O)c3ccccc3)cc2)CCC1. The number of benzene rings is 2. The lowest BCUT2D eigenvalue weighted by Gasteiger charge is -2.41. The van der Waals surface area contributed by atoms with Crippen molar-refractivity contribution in [2.45, 2.75) is 38.5 Å². The molecular formula is C22H26N2O2. The number of anilines is 1. The molecule has 0 spiro atoms. The van der Waals surface area contributed by atoms with Gasteiger partial charge in [-0.15, -0.1) is 0 Å². The van der Waals surface area contributed by atoms with Gasteiger partial charge < -0.3 is 10.6 Å². The lowest BCUT2D eigenvalue weighted by Crippen LogP contribution is -2.49. The third kappa shape index (κ3) is 3.79. The summed E-state index contributed by atoms with van der Waals surface area (Å²) in [5.74, 6) is 0.427. The Morgan fingerprint density at radius 1 is 1.00 bits per heavy atom. The Labute approximate surface area is 155 Å². The molecule has 2 N–H and O–H groups in total. The van der Waals surface area contributed by atoms with Gasteiger partial charge in [0.1, 0.15) is 0 Å². The maximum Gasteiger partial charge on any atom is 0.255 e. The molecule has 1 fully saturated rings. The topological polar surface area (TPSA) is 58.2 Å². The monoisotopic (exact) mass is 350 g/mol. The van der Waals surface area contributed by atoms with E-state index in [0.29, 0.717) is 18.0 Å². The highest BCUT2D eigenvalue weighted by Crippen LogP contribution is 2.44. The molecule has 0 aliphatic heterocycles. The van der Waals surface area contributed by atoms with Crippen LogP contribution >= 0.6 is 0 Å². The van der Waals surface area contributed by atoms with Gasteiger partial charge in [-0.1, -0.05) is 50.6 Å². The van der Waals surface area contributed by atoms with E-state index in [2.05, 4.69) is 24.5 Å². The standard InChI is InChI=1S/C22H26N2O2/c1-16(2)15-23-21(26)22(13-6-14-22)18-9-11-19(12-10-18)24-20(25)17-7-4-3-5-8-17/h3-5,7-12,16H,6,13-15H2,1-2H3,(H,23,26)(H,24,25). The minimum Gasteiger partial charge on any atom is -0.355 e. The fourth-order valence-electron chi connectivity index (χ4n) is 3.31. The van der Waals surface area contributed by atoms with E-state index >= 15 is 0 Å². The first kappa shape index (κ1) is 18.2. The molecule has 1 aliphatic rings. The molecular weight excluding hydrogens is 324 g/mol. The van der Waals surface area contributed by atoms with Crippen molar-refractivity contribution in [1.29, 1.82) is 0 Å². The van der Waals surface area contributed by atoms with Crippen LogP contribution in [0.2, 0.25) is 0 Å². The zero-order valence-electron chi connectivity index (χ0n) is 15.4. The number of carbonyl (C=O) groups is 2. The fourth-order valence-corrected chi connectivity index (χ4v) is 3.31. The molecule has 0 atom stereocenters. The van der Waals surface area contributed by atoms with E-state index in [1.165, 1.54) is 0 Å². The minimum absolute atomic E-state index is 0.124. The van der Waals surface area contributed by atoms with Crippen LogP contribution in [0.4, 0.5) is 5.69 Å². The molecule has 2 aromatic carbocycles. The maximum absolute atomic E-state index is 12.7. The summed E-state index contributed by atoms with van der Waals surface area (Å²) in [7, 11) is 0. The second kappa shape index (κ2) is 7.73. The Hall–Kier alpha value is -2.62. The number of hydrogen-bond acceptors (Lipinski definition) is 2. The Bertz CT molecular complexity index is 762. The second-order valence-corrected chi connectivity index (χ2v) is 7.44. The summed E-state index contributed by atoms with van der Waals surface area (Å²) in [6.07, 6.45) is 2.83. The molecule has 0 saturated heterocycles. The van der Waals surface area contributed by atoms with Gasteiger partial charge in [-0.2, -0.15) is 0 Å². The molecule has 26 heavy (non-hydrogen) atoms. The molecule has 4 heteroatoms. The van der Waals surface area contributed by atoms with Gasteiger partial charge in [0, 0.05) is 17.8 Å². The van der Waals surface area contributed by atoms with E-state index in [1.54, 1.807) is 12.1 Å². The summed E-state index contributed by atoms with van der Waals surface area (Å²) in [6, 6.07) is 16.8. The van der Waals surface area contributed by atoms with E-state index in [1.807, 2.05) is 42.5 Å². The smallest absolute Gasteiger partial charge is 0.255 e. The van der Waals surface area contributed by atoms with Gasteiger partial charge in [0.15, 0.2) is 0 Å². The van der Waals surface area contributed by atoms with Gasteiger partial charge >= 0.3 is 0 Å². The first-order chi connectivity index (χ1) is 12.5. The molecule has 1 saturated carbocycles. The number of nitrogens with one attached hydrogen (secondary N) is 2. The van der Waals surface area contributed by atoms with Crippen molar-refractivity contribution in [2.75, 3.05) is 11.9 Å². The molecule has 1 aliphatic carbocycles. The number of amides is 2. The Balaban J connectivity index is 1.70. The molecule has 2 amide bonds. The van der Waals surface area contributed by atoms with E-state index in [4.69, 9.17) is 0 Å². The van der Waals surface area contributed by atoms with Crippen LogP contribution in [0.5, 0.6) is 0 Å². The highest BCUT2D eigenvalue weighted by molar-refractivity contribution is 6.04. The summed E-state index contributed by atoms with van der Waals surface area (Å²) >= 11 is 0. The Morgan fingerprint density at radius 2 is 1.65 bits per heavy atom. The largest absolute Gasteiger partial charge is 0.355 e. The van der Waals surface area contributed by atoms with Crippen molar-refractivity contribution >= 4 is 17.5 Å². The van der Waals surface area contributed by atoms with Crippen molar-refractivity contribution in [2.24, 2.45) is 5.92 Å². The summed E-state index contributed by atoms with van der Waals surface area (Å²) in [6.45, 7) is 4.89. The number of hydrogen-bond donors (Lipinski definition) is 2. The molecule has 0 bridgehead atoms. The molecule has 3 rings (SSSR count). The van der Waals surface area contributed by atoms with Gasteiger partial charge in [0.05, 0.1) is 5.41 Å². The Morgan fingerprint density at radius 3 is 2.19 bits per heavy atom. The Kier molecular flexibility index (Phi) is 5.40. The molecule has 0 unspecified atom stereocenters. The highest BCUT2D eigenvalue weighted by Gasteiger charge is 2.45. The van der Waals surface area contributed by atoms with E-state index < -0.39 is 5.41 Å². The van der Waals surface area contributed by atoms with Crippen molar-refractivity contribution < 1.29 is 9.59 Å². The second-order valence-electron chi connectivity index (χ2n) is 7.44. The first-order valence-electron chi connectivity index (χ1n) is 9.26. The van der Waals surface area contributed by atoms with Gasteiger partial charge in [0.2, 0.25) is 5.91 Å². The van der Waals surface area contributed by atoms with Crippen molar-refractivity contribution in [1.82, 2.24) is 5.32 Å². The van der Waals surface area contributed by atoms with Crippen molar-refractivity contribution in [3.63, 3.8) is 0 Å². The summed E-state index contributed by atoms with van der Waals surface area (Å²) in [4.78, 5) is 25.0. The van der Waals surface area contributed by atoms with Gasteiger partial charge in [0.25, 0.3) is 5.91 Å².